The molecule has 0 saturated carbocycles. The largest absolute Gasteiger partial charge is 0.509 e. The van der Waals surface area contributed by atoms with Crippen molar-refractivity contribution in [3.05, 3.63) is 101 Å². The molecule has 0 aliphatic carbocycles. The Bertz CT molecular complexity index is 661. The van der Waals surface area contributed by atoms with Crippen LogP contribution in [-0.4, -0.2) is 10.2 Å². The molecule has 0 amide bonds. The van der Waals surface area contributed by atoms with Gasteiger partial charge in [-0.05, 0) is 24.3 Å². The van der Waals surface area contributed by atoms with Gasteiger partial charge in [0, 0.05) is 21.1 Å². The van der Waals surface area contributed by atoms with E-state index in [0.717, 1.165) is 22.6 Å². The quantitative estimate of drug-likeness (QED) is 0.458. The van der Waals surface area contributed by atoms with E-state index in [4.69, 9.17) is 0 Å². The van der Waals surface area contributed by atoms with Gasteiger partial charge in [0.1, 0.15) is 11.5 Å². The topological polar surface area (TPSA) is 40.5 Å². The van der Waals surface area contributed by atoms with Crippen molar-refractivity contribution in [1.29, 1.82) is 0 Å². The fraction of sp³-hybridized carbons (Fsp3) is 0. The summed E-state index contributed by atoms with van der Waals surface area (Å²) in [7, 11) is 0. The molecule has 3 rings (SSSR count). The van der Waals surface area contributed by atoms with Gasteiger partial charge in [-0.2, -0.15) is 0 Å². The van der Waals surface area contributed by atoms with Gasteiger partial charge in [-0.1, -0.05) is 77.2 Å². The minimum absolute atomic E-state index is 0. The van der Waals surface area contributed by atoms with Gasteiger partial charge >= 0.3 is 0 Å². The summed E-state index contributed by atoms with van der Waals surface area (Å²) in [4.78, 5) is 0. The van der Waals surface area contributed by atoms with Crippen molar-refractivity contribution in [3.63, 3.8) is 0 Å². The molecule has 2 nitrogen and oxygen atoms in total. The summed E-state index contributed by atoms with van der Waals surface area (Å²) < 4.78 is 0. The molecule has 110 valence electrons. The van der Waals surface area contributed by atoms with Crippen LogP contribution >= 0.6 is 0 Å². The van der Waals surface area contributed by atoms with Crippen LogP contribution < -0.4 is 0 Å². The van der Waals surface area contributed by atoms with Crippen LogP contribution in [-0.2, 0) is 21.1 Å². The first kappa shape index (κ1) is 16.2. The fourth-order valence-corrected chi connectivity index (χ4v) is 2.36. The van der Waals surface area contributed by atoms with Crippen molar-refractivity contribution in [3.8, 4) is 11.5 Å². The first-order valence-electron chi connectivity index (χ1n) is 6.75. The SMILES string of the molecule is Oc1ccc([C-](c2ccccc2)c2ccc(O)cc2)cc1.[W]. The van der Waals surface area contributed by atoms with Crippen molar-refractivity contribution >= 4 is 0 Å². The zero-order valence-electron chi connectivity index (χ0n) is 11.8. The van der Waals surface area contributed by atoms with Crippen LogP contribution in [0.1, 0.15) is 16.7 Å². The number of hydrogen-bond donors (Lipinski definition) is 2. The van der Waals surface area contributed by atoms with E-state index in [1.807, 2.05) is 42.5 Å². The van der Waals surface area contributed by atoms with E-state index in [9.17, 15) is 10.2 Å². The van der Waals surface area contributed by atoms with Gasteiger partial charge in [0.2, 0.25) is 0 Å². The molecule has 0 heterocycles. The number of rotatable bonds is 3. The van der Waals surface area contributed by atoms with E-state index in [1.54, 1.807) is 24.3 Å². The standard InChI is InChI=1S/C19H15O2.W/c20-17-10-6-15(7-11-17)19(14-4-2-1-3-5-14)16-8-12-18(21)13-9-16;/h1-13,20-21H;/q-1;. The third kappa shape index (κ3) is 3.52. The predicted octanol–water partition coefficient (Wildman–Crippen LogP) is 4.11. The summed E-state index contributed by atoms with van der Waals surface area (Å²) in [5.41, 5.74) is 3.13. The number of hydrogen-bond acceptors (Lipinski definition) is 2. The van der Waals surface area contributed by atoms with Gasteiger partial charge in [-0.15, -0.1) is 0 Å². The smallest absolute Gasteiger partial charge is 0.105 e. The molecule has 0 radical (unpaired) electrons. The van der Waals surface area contributed by atoms with Crippen molar-refractivity contribution in [1.82, 2.24) is 0 Å². The fourth-order valence-electron chi connectivity index (χ4n) is 2.36. The van der Waals surface area contributed by atoms with E-state index in [2.05, 4.69) is 12.1 Å². The number of aromatic hydroxyl groups is 2. The van der Waals surface area contributed by atoms with Crippen LogP contribution in [0.2, 0.25) is 0 Å². The maximum Gasteiger partial charge on any atom is 0.105 e. The molecule has 22 heavy (non-hydrogen) atoms. The summed E-state index contributed by atoms with van der Waals surface area (Å²) in [6, 6.07) is 24.4. The van der Waals surface area contributed by atoms with E-state index in [1.165, 1.54) is 0 Å². The maximum absolute atomic E-state index is 9.47. The first-order valence-corrected chi connectivity index (χ1v) is 6.75. The number of benzene rings is 3. The second kappa shape index (κ2) is 7.19. The van der Waals surface area contributed by atoms with Gasteiger partial charge < -0.3 is 10.2 Å². The Morgan fingerprint density at radius 2 is 0.864 bits per heavy atom. The molecule has 3 aromatic carbocycles. The Hall–Kier alpha value is -2.18. The Labute approximate surface area is 144 Å². The molecule has 3 heteroatoms. The normalized spacial score (nSPS) is 9.82. The van der Waals surface area contributed by atoms with Gasteiger partial charge in [0.15, 0.2) is 0 Å². The Balaban J connectivity index is 0.00000176. The molecule has 0 aliphatic heterocycles. The summed E-state index contributed by atoms with van der Waals surface area (Å²) in [5, 5.41) is 18.9. The van der Waals surface area contributed by atoms with Crippen LogP contribution in [0, 0.1) is 5.92 Å². The van der Waals surface area contributed by atoms with Crippen LogP contribution in [0.15, 0.2) is 78.9 Å². The molecule has 0 fully saturated rings. The van der Waals surface area contributed by atoms with Crippen LogP contribution in [0.25, 0.3) is 0 Å². The molecule has 0 aromatic heterocycles. The average Bonchev–Trinajstić information content (AvgIpc) is 2.52. The van der Waals surface area contributed by atoms with Crippen LogP contribution in [0.3, 0.4) is 0 Å². The van der Waals surface area contributed by atoms with Gasteiger partial charge in [-0.25, -0.2) is 0 Å². The van der Waals surface area contributed by atoms with Crippen molar-refractivity contribution in [2.45, 2.75) is 0 Å². The van der Waals surface area contributed by atoms with E-state index in [0.29, 0.717) is 0 Å². The van der Waals surface area contributed by atoms with Gasteiger partial charge in [0.05, 0.1) is 0 Å². The third-order valence-electron chi connectivity index (χ3n) is 3.37. The average molecular weight is 459 g/mol. The summed E-state index contributed by atoms with van der Waals surface area (Å²) >= 11 is 0. The van der Waals surface area contributed by atoms with E-state index < -0.39 is 0 Å². The van der Waals surface area contributed by atoms with Crippen molar-refractivity contribution in [2.24, 2.45) is 0 Å². The molecule has 3 aromatic rings. The number of phenols is 2. The zero-order valence-corrected chi connectivity index (χ0v) is 14.7. The predicted molar refractivity (Wildman–Crippen MR) is 83.2 cm³/mol. The Morgan fingerprint density at radius 3 is 1.27 bits per heavy atom. The monoisotopic (exact) mass is 459 g/mol. The molecular formula is C19H15O2W-. The summed E-state index contributed by atoms with van der Waals surface area (Å²) in [6.45, 7) is 0. The van der Waals surface area contributed by atoms with Gasteiger partial charge in [0.25, 0.3) is 0 Å². The summed E-state index contributed by atoms with van der Waals surface area (Å²) in [6.07, 6.45) is 0. The first-order chi connectivity index (χ1) is 10.2. The Kier molecular flexibility index (Phi) is 5.30. The molecular weight excluding hydrogens is 444 g/mol. The summed E-state index contributed by atoms with van der Waals surface area (Å²) in [5.74, 6) is 1.56. The molecule has 0 aliphatic rings. The van der Waals surface area contributed by atoms with Crippen LogP contribution in [0.4, 0.5) is 0 Å². The molecule has 0 saturated heterocycles. The van der Waals surface area contributed by atoms with Crippen LogP contribution in [0.5, 0.6) is 11.5 Å². The second-order valence-corrected chi connectivity index (χ2v) is 4.83. The molecule has 0 atom stereocenters. The van der Waals surface area contributed by atoms with Gasteiger partial charge in [-0.3, -0.25) is 0 Å². The second-order valence-electron chi connectivity index (χ2n) is 4.83. The molecule has 0 unspecified atom stereocenters. The third-order valence-corrected chi connectivity index (χ3v) is 3.37. The zero-order chi connectivity index (χ0) is 14.7. The minimum atomic E-state index is 0. The Morgan fingerprint density at radius 1 is 0.500 bits per heavy atom. The molecule has 0 spiro atoms. The molecule has 2 N–H and O–H groups in total. The van der Waals surface area contributed by atoms with Crippen molar-refractivity contribution < 1.29 is 31.3 Å². The minimum Gasteiger partial charge on any atom is -0.509 e. The number of phenolic OH excluding ortho intramolecular Hbond substituents is 2. The van der Waals surface area contributed by atoms with Crippen molar-refractivity contribution in [2.75, 3.05) is 0 Å². The van der Waals surface area contributed by atoms with E-state index in [-0.39, 0.29) is 32.6 Å². The van der Waals surface area contributed by atoms with E-state index >= 15 is 0 Å². The maximum atomic E-state index is 9.47. The molecule has 0 bridgehead atoms.